The van der Waals surface area contributed by atoms with Crippen LogP contribution in [-0.2, 0) is 0 Å². The highest BCUT2D eigenvalue weighted by molar-refractivity contribution is 5.54. The van der Waals surface area contributed by atoms with Crippen molar-refractivity contribution in [2.75, 3.05) is 0 Å². The Morgan fingerprint density at radius 1 is 0.938 bits per heavy atom. The van der Waals surface area contributed by atoms with Gasteiger partial charge < -0.3 is 0 Å². The summed E-state index contributed by atoms with van der Waals surface area (Å²) in [6.07, 6.45) is 8.48. The van der Waals surface area contributed by atoms with Gasteiger partial charge in [-0.3, -0.25) is 0 Å². The maximum absolute atomic E-state index is 4.59. The normalized spacial score (nSPS) is 13.5. The van der Waals surface area contributed by atoms with Crippen LogP contribution < -0.4 is 10.6 Å². The molecule has 1 heterocycles. The molecule has 0 saturated heterocycles. The largest absolute Gasteiger partial charge is 0.236 e. The van der Waals surface area contributed by atoms with Crippen LogP contribution in [0, 0.1) is 0 Å². The van der Waals surface area contributed by atoms with Crippen molar-refractivity contribution < 1.29 is 0 Å². The van der Waals surface area contributed by atoms with Crippen LogP contribution in [0.15, 0.2) is 36.5 Å². The minimum atomic E-state index is 0.811. The van der Waals surface area contributed by atoms with Gasteiger partial charge >= 0.3 is 0 Å². The summed E-state index contributed by atoms with van der Waals surface area (Å²) in [4.78, 5) is 8.99. The summed E-state index contributed by atoms with van der Waals surface area (Å²) < 4.78 is 0. The zero-order valence-electron chi connectivity index (χ0n) is 8.93. The first-order valence-electron chi connectivity index (χ1n) is 5.52. The molecule has 78 valence electrons. The maximum atomic E-state index is 4.59. The van der Waals surface area contributed by atoms with Gasteiger partial charge in [0.1, 0.15) is 0 Å². The molecule has 1 aromatic carbocycles. The van der Waals surface area contributed by atoms with Crippen LogP contribution in [0.5, 0.6) is 0 Å². The third-order valence-corrected chi connectivity index (χ3v) is 2.75. The SMILES string of the molecule is C1=c2cnc(-c3ccccc3)nc2=CCC1. The van der Waals surface area contributed by atoms with E-state index in [0.717, 1.165) is 34.8 Å². The average Bonchev–Trinajstić information content (AvgIpc) is 2.39. The first-order valence-corrected chi connectivity index (χ1v) is 5.52. The maximum Gasteiger partial charge on any atom is 0.159 e. The first-order chi connectivity index (χ1) is 7.93. The number of fused-ring (bicyclic) bond motifs is 1. The molecule has 1 aliphatic rings. The second-order valence-electron chi connectivity index (χ2n) is 3.89. The Morgan fingerprint density at radius 2 is 1.75 bits per heavy atom. The Morgan fingerprint density at radius 3 is 2.62 bits per heavy atom. The fourth-order valence-corrected chi connectivity index (χ4v) is 1.91. The molecule has 0 spiro atoms. The van der Waals surface area contributed by atoms with Gasteiger partial charge in [-0.1, -0.05) is 42.5 Å². The van der Waals surface area contributed by atoms with E-state index >= 15 is 0 Å². The molecule has 0 atom stereocenters. The Labute approximate surface area is 94.0 Å². The second-order valence-corrected chi connectivity index (χ2v) is 3.89. The first kappa shape index (κ1) is 9.28. The minimum absolute atomic E-state index is 0.811. The molecule has 2 nitrogen and oxygen atoms in total. The third-order valence-electron chi connectivity index (χ3n) is 2.75. The van der Waals surface area contributed by atoms with Crippen molar-refractivity contribution >= 4 is 12.2 Å². The highest BCUT2D eigenvalue weighted by Gasteiger charge is 2.01. The van der Waals surface area contributed by atoms with Gasteiger partial charge in [0.15, 0.2) is 5.82 Å². The molecule has 16 heavy (non-hydrogen) atoms. The molecule has 2 aromatic rings. The molecule has 0 saturated carbocycles. The van der Waals surface area contributed by atoms with E-state index in [2.05, 4.69) is 22.1 Å². The topological polar surface area (TPSA) is 25.8 Å². The molecule has 0 fully saturated rings. The van der Waals surface area contributed by atoms with Crippen LogP contribution in [-0.4, -0.2) is 9.97 Å². The van der Waals surface area contributed by atoms with Gasteiger partial charge in [-0.05, 0) is 12.8 Å². The lowest BCUT2D eigenvalue weighted by molar-refractivity contribution is 1.04. The van der Waals surface area contributed by atoms with Crippen molar-refractivity contribution in [3.63, 3.8) is 0 Å². The molecule has 1 aromatic heterocycles. The summed E-state index contributed by atoms with van der Waals surface area (Å²) in [7, 11) is 0. The summed E-state index contributed by atoms with van der Waals surface area (Å²) >= 11 is 0. The number of hydrogen-bond acceptors (Lipinski definition) is 2. The van der Waals surface area contributed by atoms with Crippen LogP contribution in [0.1, 0.15) is 12.8 Å². The summed E-state index contributed by atoms with van der Waals surface area (Å²) in [5, 5.41) is 2.23. The summed E-state index contributed by atoms with van der Waals surface area (Å²) in [6.45, 7) is 0. The predicted octanol–water partition coefficient (Wildman–Crippen LogP) is 1.50. The van der Waals surface area contributed by atoms with Crippen LogP contribution in [0.3, 0.4) is 0 Å². The molecule has 2 heteroatoms. The Bertz CT molecular complexity index is 615. The van der Waals surface area contributed by atoms with Gasteiger partial charge in [-0.2, -0.15) is 0 Å². The zero-order chi connectivity index (χ0) is 10.8. The van der Waals surface area contributed by atoms with Crippen LogP contribution in [0.25, 0.3) is 23.5 Å². The number of nitrogens with zero attached hydrogens (tertiary/aromatic N) is 2. The summed E-state index contributed by atoms with van der Waals surface area (Å²) in [5.74, 6) is 0.811. The second kappa shape index (κ2) is 3.89. The van der Waals surface area contributed by atoms with Crippen LogP contribution >= 0.6 is 0 Å². The zero-order valence-corrected chi connectivity index (χ0v) is 8.93. The highest BCUT2D eigenvalue weighted by atomic mass is 14.9. The fraction of sp³-hybridized carbons (Fsp3) is 0.143. The summed E-state index contributed by atoms with van der Waals surface area (Å²) in [5.41, 5.74) is 1.07. The van der Waals surface area contributed by atoms with E-state index in [-0.39, 0.29) is 0 Å². The predicted molar refractivity (Wildman–Crippen MR) is 64.9 cm³/mol. The number of aromatic nitrogens is 2. The van der Waals surface area contributed by atoms with Gasteiger partial charge in [0.05, 0.1) is 5.35 Å². The summed E-state index contributed by atoms with van der Waals surface area (Å²) in [6, 6.07) is 10.1. The van der Waals surface area contributed by atoms with Gasteiger partial charge in [0.25, 0.3) is 0 Å². The van der Waals surface area contributed by atoms with Gasteiger partial charge in [-0.15, -0.1) is 0 Å². The molecule has 3 rings (SSSR count). The Kier molecular flexibility index (Phi) is 2.26. The Hall–Kier alpha value is -1.96. The van der Waals surface area contributed by atoms with Crippen molar-refractivity contribution in [2.45, 2.75) is 12.8 Å². The lowest BCUT2D eigenvalue weighted by Crippen LogP contribution is -2.31. The van der Waals surface area contributed by atoms with Crippen molar-refractivity contribution in [2.24, 2.45) is 0 Å². The molecular formula is C14H12N2. The number of benzene rings is 1. The minimum Gasteiger partial charge on any atom is -0.236 e. The Balaban J connectivity index is 2.19. The van der Waals surface area contributed by atoms with Crippen molar-refractivity contribution in [3.8, 4) is 11.4 Å². The molecule has 0 N–H and O–H groups in total. The average molecular weight is 208 g/mol. The standard InChI is InChI=1S/C14H12N2/c1-2-6-11(7-3-1)14-15-10-12-8-4-5-9-13(12)16-14/h1-3,6-10H,4-5H2. The molecule has 1 aliphatic carbocycles. The van der Waals surface area contributed by atoms with E-state index in [1.807, 2.05) is 36.5 Å². The van der Waals surface area contributed by atoms with Crippen molar-refractivity contribution in [1.82, 2.24) is 9.97 Å². The lowest BCUT2D eigenvalue weighted by atomic mass is 10.1. The molecule has 0 bridgehead atoms. The molecular weight excluding hydrogens is 196 g/mol. The highest BCUT2D eigenvalue weighted by Crippen LogP contribution is 2.10. The van der Waals surface area contributed by atoms with E-state index in [1.165, 1.54) is 0 Å². The molecule has 0 radical (unpaired) electrons. The smallest absolute Gasteiger partial charge is 0.159 e. The fourth-order valence-electron chi connectivity index (χ4n) is 1.91. The lowest BCUT2D eigenvalue weighted by Gasteiger charge is -2.02. The quantitative estimate of drug-likeness (QED) is 0.709. The van der Waals surface area contributed by atoms with Gasteiger partial charge in [-0.25, -0.2) is 9.97 Å². The van der Waals surface area contributed by atoms with Crippen LogP contribution in [0.4, 0.5) is 0 Å². The van der Waals surface area contributed by atoms with E-state index in [1.54, 1.807) is 0 Å². The van der Waals surface area contributed by atoms with E-state index < -0.39 is 0 Å². The number of hydrogen-bond donors (Lipinski definition) is 0. The van der Waals surface area contributed by atoms with Gasteiger partial charge in [0.2, 0.25) is 0 Å². The van der Waals surface area contributed by atoms with E-state index in [4.69, 9.17) is 0 Å². The molecule has 0 amide bonds. The monoisotopic (exact) mass is 208 g/mol. The van der Waals surface area contributed by atoms with Crippen molar-refractivity contribution in [3.05, 3.63) is 47.1 Å². The molecule has 0 aliphatic heterocycles. The van der Waals surface area contributed by atoms with Crippen molar-refractivity contribution in [1.29, 1.82) is 0 Å². The van der Waals surface area contributed by atoms with E-state index in [9.17, 15) is 0 Å². The van der Waals surface area contributed by atoms with Crippen LogP contribution in [0.2, 0.25) is 0 Å². The number of rotatable bonds is 1. The third kappa shape index (κ3) is 1.63. The molecule has 0 unspecified atom stereocenters. The van der Waals surface area contributed by atoms with Gasteiger partial charge in [0, 0.05) is 17.0 Å². The van der Waals surface area contributed by atoms with E-state index in [0.29, 0.717) is 0 Å².